The van der Waals surface area contributed by atoms with Crippen LogP contribution in [-0.2, 0) is 20.0 Å². The number of rotatable bonds is 10. The Hall–Kier alpha value is -2.15. The van der Waals surface area contributed by atoms with E-state index in [1.54, 1.807) is 13.8 Å². The minimum absolute atomic E-state index is 0.0748. The summed E-state index contributed by atoms with van der Waals surface area (Å²) in [6.45, 7) is 0.700. The molecule has 0 saturated carbocycles. The van der Waals surface area contributed by atoms with Gasteiger partial charge < -0.3 is 9.47 Å². The van der Waals surface area contributed by atoms with E-state index in [0.29, 0.717) is 0 Å². The van der Waals surface area contributed by atoms with Gasteiger partial charge in [0.25, 0.3) is 10.0 Å². The second-order valence-corrected chi connectivity index (χ2v) is 10.1. The standard InChI is InChI=1S/C18H21ClF2N2O6S2/c1-4-23(5-2)31(26,27)13-7-9-17(28-3)15(11-13)22-30(24,25)12-6-8-16(14(19)10-12)29-18(20)21/h6-11,18,22H,4-5H2,1-3H3. The van der Waals surface area contributed by atoms with Crippen LogP contribution in [0.3, 0.4) is 0 Å². The number of halogens is 3. The van der Waals surface area contributed by atoms with Crippen LogP contribution in [0.2, 0.25) is 5.02 Å². The first-order valence-corrected chi connectivity index (χ1v) is 12.2. The van der Waals surface area contributed by atoms with E-state index in [1.165, 1.54) is 23.5 Å². The molecule has 31 heavy (non-hydrogen) atoms. The Balaban J connectivity index is 2.46. The second kappa shape index (κ2) is 9.98. The summed E-state index contributed by atoms with van der Waals surface area (Å²) in [4.78, 5) is -0.480. The van der Waals surface area contributed by atoms with Gasteiger partial charge in [0.1, 0.15) is 11.5 Å². The van der Waals surface area contributed by atoms with E-state index >= 15 is 0 Å². The van der Waals surface area contributed by atoms with Gasteiger partial charge in [-0.2, -0.15) is 13.1 Å². The number of benzene rings is 2. The number of nitrogens with zero attached hydrogens (tertiary/aromatic N) is 1. The van der Waals surface area contributed by atoms with Crippen LogP contribution in [0.5, 0.6) is 11.5 Å². The van der Waals surface area contributed by atoms with Gasteiger partial charge in [0.15, 0.2) is 0 Å². The van der Waals surface area contributed by atoms with Crippen LogP contribution >= 0.6 is 11.6 Å². The van der Waals surface area contributed by atoms with Gasteiger partial charge >= 0.3 is 6.61 Å². The van der Waals surface area contributed by atoms with Crippen molar-refractivity contribution in [3.8, 4) is 11.5 Å². The fourth-order valence-electron chi connectivity index (χ4n) is 2.68. The van der Waals surface area contributed by atoms with Crippen LogP contribution in [0.15, 0.2) is 46.2 Å². The van der Waals surface area contributed by atoms with Gasteiger partial charge in [0.05, 0.1) is 27.6 Å². The van der Waals surface area contributed by atoms with Gasteiger partial charge in [-0.25, -0.2) is 16.8 Å². The molecule has 13 heteroatoms. The number of nitrogens with one attached hydrogen (secondary N) is 1. The van der Waals surface area contributed by atoms with Crippen molar-refractivity contribution in [2.75, 3.05) is 24.9 Å². The average Bonchev–Trinajstić information content (AvgIpc) is 2.69. The van der Waals surface area contributed by atoms with Crippen LogP contribution in [0.1, 0.15) is 13.8 Å². The Kier molecular flexibility index (Phi) is 8.09. The third-order valence-electron chi connectivity index (χ3n) is 4.19. The van der Waals surface area contributed by atoms with E-state index in [0.717, 1.165) is 24.3 Å². The molecule has 0 aliphatic carbocycles. The Morgan fingerprint density at radius 2 is 1.58 bits per heavy atom. The third-order valence-corrected chi connectivity index (χ3v) is 7.89. The van der Waals surface area contributed by atoms with E-state index in [1.807, 2.05) is 0 Å². The first kappa shape index (κ1) is 25.1. The molecule has 0 atom stereocenters. The largest absolute Gasteiger partial charge is 0.495 e. The lowest BCUT2D eigenvalue weighted by Crippen LogP contribution is -2.30. The molecule has 0 radical (unpaired) electrons. The number of hydrogen-bond donors (Lipinski definition) is 1. The number of ether oxygens (including phenoxy) is 2. The van der Waals surface area contributed by atoms with Crippen molar-refractivity contribution in [1.29, 1.82) is 0 Å². The molecule has 0 heterocycles. The predicted octanol–water partition coefficient (Wildman–Crippen LogP) is 3.78. The van der Waals surface area contributed by atoms with Crippen molar-refractivity contribution in [3.05, 3.63) is 41.4 Å². The number of anilines is 1. The van der Waals surface area contributed by atoms with Crippen molar-refractivity contribution in [2.45, 2.75) is 30.2 Å². The van der Waals surface area contributed by atoms with E-state index < -0.39 is 26.7 Å². The Morgan fingerprint density at radius 1 is 1.00 bits per heavy atom. The summed E-state index contributed by atoms with van der Waals surface area (Å²) in [6.07, 6.45) is 0. The molecule has 0 bridgehead atoms. The molecule has 0 aliphatic rings. The second-order valence-electron chi connectivity index (χ2n) is 6.03. The van der Waals surface area contributed by atoms with E-state index in [2.05, 4.69) is 9.46 Å². The van der Waals surface area contributed by atoms with Crippen molar-refractivity contribution >= 4 is 37.3 Å². The van der Waals surface area contributed by atoms with Gasteiger partial charge in [-0.05, 0) is 36.4 Å². The molecule has 0 spiro atoms. The smallest absolute Gasteiger partial charge is 0.387 e. The lowest BCUT2D eigenvalue weighted by molar-refractivity contribution is -0.0498. The highest BCUT2D eigenvalue weighted by molar-refractivity contribution is 7.92. The zero-order chi connectivity index (χ0) is 23.4. The average molecular weight is 499 g/mol. The molecule has 0 fully saturated rings. The van der Waals surface area contributed by atoms with Crippen molar-refractivity contribution in [2.24, 2.45) is 0 Å². The molecule has 0 saturated heterocycles. The minimum atomic E-state index is -4.27. The SMILES string of the molecule is CCN(CC)S(=O)(=O)c1ccc(OC)c(NS(=O)(=O)c2ccc(OC(F)F)c(Cl)c2)c1. The monoisotopic (exact) mass is 498 g/mol. The highest BCUT2D eigenvalue weighted by Gasteiger charge is 2.25. The number of alkyl halides is 2. The Morgan fingerprint density at radius 3 is 2.10 bits per heavy atom. The van der Waals surface area contributed by atoms with Gasteiger partial charge in [-0.1, -0.05) is 25.4 Å². The molecule has 2 aromatic rings. The zero-order valence-electron chi connectivity index (χ0n) is 16.8. The summed E-state index contributed by atoms with van der Waals surface area (Å²) in [5, 5.41) is -0.340. The van der Waals surface area contributed by atoms with Gasteiger partial charge in [0.2, 0.25) is 10.0 Å². The molecule has 8 nitrogen and oxygen atoms in total. The normalized spacial score (nSPS) is 12.3. The van der Waals surface area contributed by atoms with Crippen molar-refractivity contribution in [1.82, 2.24) is 4.31 Å². The Bertz CT molecular complexity index is 1140. The third kappa shape index (κ3) is 5.76. The highest BCUT2D eigenvalue weighted by atomic mass is 35.5. The summed E-state index contributed by atoms with van der Waals surface area (Å²) in [5.41, 5.74) is -0.125. The fraction of sp³-hybridized carbons (Fsp3) is 0.333. The van der Waals surface area contributed by atoms with Gasteiger partial charge in [-0.3, -0.25) is 4.72 Å². The summed E-state index contributed by atoms with van der Waals surface area (Å²) in [7, 11) is -6.84. The maximum Gasteiger partial charge on any atom is 0.387 e. The quantitative estimate of drug-likeness (QED) is 0.535. The molecule has 0 unspecified atom stereocenters. The molecule has 0 aromatic heterocycles. The molecular weight excluding hydrogens is 478 g/mol. The maximum absolute atomic E-state index is 12.8. The lowest BCUT2D eigenvalue weighted by Gasteiger charge is -2.20. The molecular formula is C18H21ClF2N2O6S2. The van der Waals surface area contributed by atoms with E-state index in [4.69, 9.17) is 16.3 Å². The summed E-state index contributed by atoms with van der Waals surface area (Å²) in [5.74, 6) is -0.314. The lowest BCUT2D eigenvalue weighted by atomic mass is 10.3. The zero-order valence-corrected chi connectivity index (χ0v) is 19.2. The van der Waals surface area contributed by atoms with Gasteiger partial charge in [0, 0.05) is 13.1 Å². The number of methoxy groups -OCH3 is 1. The molecule has 172 valence electrons. The molecule has 0 aliphatic heterocycles. The van der Waals surface area contributed by atoms with Crippen LogP contribution < -0.4 is 14.2 Å². The Labute approximate surface area is 184 Å². The predicted molar refractivity (Wildman–Crippen MR) is 112 cm³/mol. The fourth-order valence-corrected chi connectivity index (χ4v) is 5.55. The van der Waals surface area contributed by atoms with Crippen LogP contribution in [0, 0.1) is 0 Å². The molecule has 0 amide bonds. The summed E-state index contributed by atoms with van der Waals surface area (Å²) >= 11 is 5.83. The van der Waals surface area contributed by atoms with Crippen LogP contribution in [-0.4, -0.2) is 48.0 Å². The topological polar surface area (TPSA) is 102 Å². The summed E-state index contributed by atoms with van der Waals surface area (Å²) in [6, 6.07) is 6.71. The van der Waals surface area contributed by atoms with Crippen LogP contribution in [0.25, 0.3) is 0 Å². The molecule has 2 rings (SSSR count). The van der Waals surface area contributed by atoms with E-state index in [-0.39, 0.29) is 45.1 Å². The maximum atomic E-state index is 12.8. The summed E-state index contributed by atoms with van der Waals surface area (Å²) < 4.78 is 88.6. The van der Waals surface area contributed by atoms with E-state index in [9.17, 15) is 25.6 Å². The van der Waals surface area contributed by atoms with Crippen molar-refractivity contribution in [3.63, 3.8) is 0 Å². The number of hydrogen-bond acceptors (Lipinski definition) is 6. The number of sulfonamides is 2. The minimum Gasteiger partial charge on any atom is -0.495 e. The van der Waals surface area contributed by atoms with Crippen molar-refractivity contribution < 1.29 is 35.1 Å². The molecule has 1 N–H and O–H groups in total. The first-order chi connectivity index (χ1) is 14.5. The first-order valence-electron chi connectivity index (χ1n) is 8.91. The molecule has 2 aromatic carbocycles. The highest BCUT2D eigenvalue weighted by Crippen LogP contribution is 2.33. The van der Waals surface area contributed by atoms with Gasteiger partial charge in [-0.15, -0.1) is 0 Å². The van der Waals surface area contributed by atoms with Crippen LogP contribution in [0.4, 0.5) is 14.5 Å².